The number of anilines is 3. The van der Waals surface area contributed by atoms with Crippen LogP contribution in [0.5, 0.6) is 0 Å². The molecule has 5 rings (SSSR count). The van der Waals surface area contributed by atoms with Crippen LogP contribution in [0.25, 0.3) is 33.1 Å². The minimum absolute atomic E-state index is 0.0457. The average molecular weight is 492 g/mol. The van der Waals surface area contributed by atoms with E-state index >= 15 is 0 Å². The first-order chi connectivity index (χ1) is 16.7. The number of sulfonamides is 1. The van der Waals surface area contributed by atoms with Gasteiger partial charge >= 0.3 is 0 Å². The van der Waals surface area contributed by atoms with Gasteiger partial charge in [-0.15, -0.1) is 0 Å². The largest absolute Gasteiger partial charge is 0.383 e. The van der Waals surface area contributed by atoms with Crippen molar-refractivity contribution in [1.29, 1.82) is 0 Å². The molecule has 12 heteroatoms. The van der Waals surface area contributed by atoms with Gasteiger partial charge in [0.15, 0.2) is 5.03 Å². The summed E-state index contributed by atoms with van der Waals surface area (Å²) in [4.78, 5) is 13.3. The van der Waals surface area contributed by atoms with Gasteiger partial charge in [0.25, 0.3) is 10.0 Å². The van der Waals surface area contributed by atoms with Crippen LogP contribution in [0.1, 0.15) is 19.9 Å². The predicted octanol–water partition coefficient (Wildman–Crippen LogP) is 3.53. The molecule has 35 heavy (non-hydrogen) atoms. The Morgan fingerprint density at radius 3 is 2.57 bits per heavy atom. The zero-order valence-corrected chi connectivity index (χ0v) is 20.5. The number of aromatic nitrogens is 6. The molecule has 0 amide bonds. The van der Waals surface area contributed by atoms with E-state index in [-0.39, 0.29) is 17.0 Å². The quantitative estimate of drug-likeness (QED) is 0.327. The summed E-state index contributed by atoms with van der Waals surface area (Å²) in [6.07, 6.45) is 5.25. The lowest BCUT2D eigenvalue weighted by Gasteiger charge is -2.12. The summed E-state index contributed by atoms with van der Waals surface area (Å²) < 4.78 is 27.7. The van der Waals surface area contributed by atoms with Gasteiger partial charge in [-0.3, -0.25) is 5.10 Å². The topological polar surface area (TPSA) is 148 Å². The number of pyridine rings is 1. The Bertz CT molecular complexity index is 1650. The van der Waals surface area contributed by atoms with E-state index in [1.807, 2.05) is 24.4 Å². The van der Waals surface area contributed by atoms with Gasteiger partial charge in [0.05, 0.1) is 29.0 Å². The maximum Gasteiger partial charge on any atom is 0.260 e. The van der Waals surface area contributed by atoms with Gasteiger partial charge in [-0.25, -0.2) is 17.7 Å². The molecule has 0 spiro atoms. The molecule has 4 heterocycles. The fourth-order valence-electron chi connectivity index (χ4n) is 3.96. The molecular formula is C23H25N9O2S. The number of H-pyrrole nitrogens is 1. The van der Waals surface area contributed by atoms with E-state index in [1.54, 1.807) is 12.3 Å². The van der Waals surface area contributed by atoms with Crippen LogP contribution in [0, 0.1) is 0 Å². The number of nitrogen functional groups attached to an aromatic ring is 1. The van der Waals surface area contributed by atoms with Crippen molar-refractivity contribution >= 4 is 49.4 Å². The SMILES string of the molecule is CC(C)n1cc(-c2cccc3[nH]ncc23)c2c(N)nc(Nc3ccc(S(=O)(=O)N(C)C)nc3)nc21. The minimum atomic E-state index is -3.62. The Labute approximate surface area is 202 Å². The van der Waals surface area contributed by atoms with Crippen LogP contribution < -0.4 is 11.1 Å². The van der Waals surface area contributed by atoms with Gasteiger partial charge in [0.2, 0.25) is 5.95 Å². The van der Waals surface area contributed by atoms with Crippen LogP contribution in [-0.2, 0) is 10.0 Å². The number of benzene rings is 1. The maximum atomic E-state index is 12.3. The van der Waals surface area contributed by atoms with Crippen molar-refractivity contribution in [3.63, 3.8) is 0 Å². The molecule has 0 saturated carbocycles. The summed E-state index contributed by atoms with van der Waals surface area (Å²) in [7, 11) is -0.702. The Kier molecular flexibility index (Phi) is 5.41. The van der Waals surface area contributed by atoms with Crippen molar-refractivity contribution in [2.75, 3.05) is 25.1 Å². The highest BCUT2D eigenvalue weighted by Gasteiger charge is 2.21. The average Bonchev–Trinajstić information content (AvgIpc) is 3.44. The first-order valence-electron chi connectivity index (χ1n) is 10.9. The van der Waals surface area contributed by atoms with E-state index in [4.69, 9.17) is 10.7 Å². The molecular weight excluding hydrogens is 466 g/mol. The number of aromatic amines is 1. The molecule has 0 aliphatic heterocycles. The van der Waals surface area contributed by atoms with E-state index in [2.05, 4.69) is 43.9 Å². The summed E-state index contributed by atoms with van der Waals surface area (Å²) in [6, 6.07) is 9.12. The lowest BCUT2D eigenvalue weighted by Crippen LogP contribution is -2.23. The van der Waals surface area contributed by atoms with Crippen LogP contribution in [0.4, 0.5) is 17.5 Å². The normalized spacial score (nSPS) is 12.3. The van der Waals surface area contributed by atoms with Crippen molar-refractivity contribution < 1.29 is 8.42 Å². The number of rotatable bonds is 6. The number of fused-ring (bicyclic) bond motifs is 2. The molecule has 0 fully saturated rings. The number of nitrogens with zero attached hydrogens (tertiary/aromatic N) is 6. The third kappa shape index (κ3) is 3.86. The monoisotopic (exact) mass is 491 g/mol. The van der Waals surface area contributed by atoms with Crippen molar-refractivity contribution in [1.82, 2.24) is 34.0 Å². The fraction of sp³-hybridized carbons (Fsp3) is 0.217. The number of nitrogens with one attached hydrogen (secondary N) is 2. The Balaban J connectivity index is 1.59. The molecule has 1 aromatic carbocycles. The number of nitrogens with two attached hydrogens (primary N) is 1. The zero-order valence-electron chi connectivity index (χ0n) is 19.7. The molecule has 4 aromatic heterocycles. The second kappa shape index (κ2) is 8.32. The van der Waals surface area contributed by atoms with E-state index in [0.717, 1.165) is 31.7 Å². The molecule has 5 aromatic rings. The van der Waals surface area contributed by atoms with Crippen LogP contribution >= 0.6 is 0 Å². The molecule has 0 aliphatic carbocycles. The Hall–Kier alpha value is -4.03. The molecule has 11 nitrogen and oxygen atoms in total. The number of hydrogen-bond acceptors (Lipinski definition) is 8. The van der Waals surface area contributed by atoms with Crippen molar-refractivity contribution in [2.45, 2.75) is 24.9 Å². The predicted molar refractivity (Wildman–Crippen MR) is 136 cm³/mol. The highest BCUT2D eigenvalue weighted by Crippen LogP contribution is 2.38. The molecule has 0 radical (unpaired) electrons. The van der Waals surface area contributed by atoms with Crippen molar-refractivity contribution in [3.8, 4) is 11.1 Å². The van der Waals surface area contributed by atoms with E-state index in [9.17, 15) is 8.42 Å². The lowest BCUT2D eigenvalue weighted by molar-refractivity contribution is 0.517. The molecule has 0 atom stereocenters. The molecule has 0 saturated heterocycles. The smallest absolute Gasteiger partial charge is 0.260 e. The first kappa shape index (κ1) is 22.7. The van der Waals surface area contributed by atoms with E-state index < -0.39 is 10.0 Å². The standard InChI is InChI=1S/C23H25N9O2S/c1-13(2)32-12-17(15-6-5-7-18-16(15)11-26-30-18)20-21(24)28-23(29-22(20)32)27-14-8-9-19(25-10-14)35(33,34)31(3)4/h5-13H,1-4H3,(H,26,30)(H3,24,27,28,29). The zero-order chi connectivity index (χ0) is 24.9. The summed E-state index contributed by atoms with van der Waals surface area (Å²) in [5.74, 6) is 0.611. The molecule has 0 aliphatic rings. The summed E-state index contributed by atoms with van der Waals surface area (Å²) in [5, 5.41) is 11.9. The van der Waals surface area contributed by atoms with E-state index in [0.29, 0.717) is 17.2 Å². The van der Waals surface area contributed by atoms with Gasteiger partial charge in [0, 0.05) is 37.3 Å². The van der Waals surface area contributed by atoms with Gasteiger partial charge in [-0.05, 0) is 37.6 Å². The van der Waals surface area contributed by atoms with Crippen LogP contribution in [-0.4, -0.2) is 56.5 Å². The Morgan fingerprint density at radius 1 is 1.09 bits per heavy atom. The fourth-order valence-corrected chi connectivity index (χ4v) is 4.76. The van der Waals surface area contributed by atoms with Gasteiger partial charge in [0.1, 0.15) is 11.5 Å². The summed E-state index contributed by atoms with van der Waals surface area (Å²) in [5.41, 5.74) is 10.5. The summed E-state index contributed by atoms with van der Waals surface area (Å²) in [6.45, 7) is 4.14. The third-order valence-corrected chi connectivity index (χ3v) is 7.50. The first-order valence-corrected chi connectivity index (χ1v) is 12.4. The second-order valence-electron chi connectivity index (χ2n) is 8.61. The van der Waals surface area contributed by atoms with Crippen LogP contribution in [0.15, 0.2) is 53.9 Å². The lowest BCUT2D eigenvalue weighted by atomic mass is 10.0. The maximum absolute atomic E-state index is 12.3. The summed E-state index contributed by atoms with van der Waals surface area (Å²) >= 11 is 0. The second-order valence-corrected chi connectivity index (χ2v) is 10.7. The highest BCUT2D eigenvalue weighted by molar-refractivity contribution is 7.89. The number of hydrogen-bond donors (Lipinski definition) is 3. The van der Waals surface area contributed by atoms with E-state index in [1.165, 1.54) is 26.4 Å². The molecule has 0 bridgehead atoms. The molecule has 4 N–H and O–H groups in total. The van der Waals surface area contributed by atoms with Gasteiger partial charge in [-0.2, -0.15) is 15.1 Å². The molecule has 0 unspecified atom stereocenters. The van der Waals surface area contributed by atoms with Gasteiger partial charge in [-0.1, -0.05) is 12.1 Å². The van der Waals surface area contributed by atoms with Crippen molar-refractivity contribution in [2.24, 2.45) is 0 Å². The van der Waals surface area contributed by atoms with Crippen molar-refractivity contribution in [3.05, 3.63) is 48.9 Å². The Morgan fingerprint density at radius 2 is 1.89 bits per heavy atom. The minimum Gasteiger partial charge on any atom is -0.383 e. The van der Waals surface area contributed by atoms with Gasteiger partial charge < -0.3 is 15.6 Å². The van der Waals surface area contributed by atoms with Crippen LogP contribution in [0.3, 0.4) is 0 Å². The third-order valence-electron chi connectivity index (χ3n) is 5.77. The molecule has 180 valence electrons. The van der Waals surface area contributed by atoms with Crippen LogP contribution in [0.2, 0.25) is 0 Å². The highest BCUT2D eigenvalue weighted by atomic mass is 32.2.